The van der Waals surface area contributed by atoms with Crippen LogP contribution in [0.15, 0.2) is 18.2 Å². The number of amides is 2. The number of halogens is 1. The summed E-state index contributed by atoms with van der Waals surface area (Å²) in [4.78, 5) is 11.5. The van der Waals surface area contributed by atoms with Crippen molar-refractivity contribution in [2.45, 2.75) is 26.3 Å². The molecular formula is C12H17FN2O2. The second kappa shape index (κ2) is 6.20. The molecule has 0 saturated heterocycles. The molecule has 0 fully saturated rings. The predicted octanol–water partition coefficient (Wildman–Crippen LogP) is 2.03. The number of benzene rings is 1. The van der Waals surface area contributed by atoms with E-state index in [0.29, 0.717) is 17.7 Å². The van der Waals surface area contributed by atoms with Crippen LogP contribution >= 0.6 is 0 Å². The van der Waals surface area contributed by atoms with Crippen LogP contribution in [0.5, 0.6) is 0 Å². The Kier molecular flexibility index (Phi) is 4.90. The number of hydrogen-bond acceptors (Lipinski definition) is 2. The van der Waals surface area contributed by atoms with Crippen LogP contribution in [0, 0.1) is 12.7 Å². The van der Waals surface area contributed by atoms with Gasteiger partial charge in [0.2, 0.25) is 0 Å². The zero-order chi connectivity index (χ0) is 12.8. The Bertz CT molecular complexity index is 396. The molecule has 0 aliphatic carbocycles. The summed E-state index contributed by atoms with van der Waals surface area (Å²) < 4.78 is 13.2. The summed E-state index contributed by atoms with van der Waals surface area (Å²) in [7, 11) is 0. The van der Waals surface area contributed by atoms with Gasteiger partial charge in [0, 0.05) is 18.3 Å². The van der Waals surface area contributed by atoms with E-state index in [4.69, 9.17) is 5.11 Å². The van der Waals surface area contributed by atoms with Gasteiger partial charge in [-0.25, -0.2) is 9.18 Å². The molecule has 1 aromatic rings. The summed E-state index contributed by atoms with van der Waals surface area (Å²) in [5.41, 5.74) is 0.936. The van der Waals surface area contributed by atoms with E-state index >= 15 is 0 Å². The van der Waals surface area contributed by atoms with Gasteiger partial charge < -0.3 is 15.7 Å². The predicted molar refractivity (Wildman–Crippen MR) is 64.5 cm³/mol. The van der Waals surface area contributed by atoms with Crippen LogP contribution in [-0.4, -0.2) is 23.8 Å². The first-order valence-corrected chi connectivity index (χ1v) is 5.47. The second-order valence-electron chi connectivity index (χ2n) is 3.98. The zero-order valence-corrected chi connectivity index (χ0v) is 9.96. The van der Waals surface area contributed by atoms with Crippen molar-refractivity contribution < 1.29 is 14.3 Å². The summed E-state index contributed by atoms with van der Waals surface area (Å²) >= 11 is 0. The fraction of sp³-hybridized carbons (Fsp3) is 0.417. The Morgan fingerprint density at radius 1 is 1.53 bits per heavy atom. The summed E-state index contributed by atoms with van der Waals surface area (Å²) in [5, 5.41) is 13.8. The lowest BCUT2D eigenvalue weighted by Crippen LogP contribution is -2.36. The SMILES string of the molecule is Cc1ccc(NC(=O)N[C@H](C)CCO)cc1F. The smallest absolute Gasteiger partial charge is 0.319 e. The molecule has 3 N–H and O–H groups in total. The maximum absolute atomic E-state index is 13.2. The average Bonchev–Trinajstić information content (AvgIpc) is 2.23. The monoisotopic (exact) mass is 240 g/mol. The van der Waals surface area contributed by atoms with Crippen LogP contribution in [0.4, 0.5) is 14.9 Å². The van der Waals surface area contributed by atoms with Gasteiger partial charge in [0.1, 0.15) is 5.82 Å². The van der Waals surface area contributed by atoms with E-state index in [1.54, 1.807) is 26.0 Å². The fourth-order valence-corrected chi connectivity index (χ4v) is 1.33. The molecule has 0 aromatic heterocycles. The molecule has 0 unspecified atom stereocenters. The molecule has 1 aromatic carbocycles. The third kappa shape index (κ3) is 4.40. The molecule has 1 atom stereocenters. The third-order valence-corrected chi connectivity index (χ3v) is 2.37. The van der Waals surface area contributed by atoms with Gasteiger partial charge in [0.15, 0.2) is 0 Å². The van der Waals surface area contributed by atoms with Gasteiger partial charge in [-0.2, -0.15) is 0 Å². The Labute approximate surface area is 99.8 Å². The van der Waals surface area contributed by atoms with E-state index < -0.39 is 6.03 Å². The number of nitrogens with one attached hydrogen (secondary N) is 2. The van der Waals surface area contributed by atoms with Crippen LogP contribution in [0.1, 0.15) is 18.9 Å². The normalized spacial score (nSPS) is 12.0. The lowest BCUT2D eigenvalue weighted by molar-refractivity contribution is 0.241. The largest absolute Gasteiger partial charge is 0.396 e. The molecule has 0 radical (unpaired) electrons. The van der Waals surface area contributed by atoms with Crippen molar-refractivity contribution in [2.24, 2.45) is 0 Å². The van der Waals surface area contributed by atoms with Crippen LogP contribution in [0.25, 0.3) is 0 Å². The second-order valence-corrected chi connectivity index (χ2v) is 3.98. The number of aryl methyl sites for hydroxylation is 1. The molecule has 1 rings (SSSR count). The number of carbonyl (C=O) groups is 1. The number of rotatable bonds is 4. The minimum Gasteiger partial charge on any atom is -0.396 e. The van der Waals surface area contributed by atoms with Crippen LogP contribution < -0.4 is 10.6 Å². The summed E-state index contributed by atoms with van der Waals surface area (Å²) in [5.74, 6) is -0.355. The maximum atomic E-state index is 13.2. The molecular weight excluding hydrogens is 223 g/mol. The van der Waals surface area contributed by atoms with Crippen molar-refractivity contribution in [3.05, 3.63) is 29.6 Å². The number of aliphatic hydroxyl groups is 1. The number of urea groups is 1. The zero-order valence-electron chi connectivity index (χ0n) is 9.96. The Morgan fingerprint density at radius 3 is 2.82 bits per heavy atom. The fourth-order valence-electron chi connectivity index (χ4n) is 1.33. The van der Waals surface area contributed by atoms with Crippen LogP contribution in [0.3, 0.4) is 0 Å². The first kappa shape index (κ1) is 13.4. The quantitative estimate of drug-likeness (QED) is 0.754. The van der Waals surface area contributed by atoms with Crippen molar-refractivity contribution in [2.75, 3.05) is 11.9 Å². The number of aliphatic hydroxyl groups excluding tert-OH is 1. The van der Waals surface area contributed by atoms with Gasteiger partial charge in [-0.05, 0) is 38.0 Å². The molecule has 5 heteroatoms. The topological polar surface area (TPSA) is 61.4 Å². The summed E-state index contributed by atoms with van der Waals surface area (Å²) in [6.07, 6.45) is 0.482. The van der Waals surface area contributed by atoms with E-state index in [9.17, 15) is 9.18 Å². The van der Waals surface area contributed by atoms with E-state index in [-0.39, 0.29) is 18.5 Å². The minimum absolute atomic E-state index is 0.0145. The van der Waals surface area contributed by atoms with Crippen LogP contribution in [0.2, 0.25) is 0 Å². The third-order valence-electron chi connectivity index (χ3n) is 2.37. The highest BCUT2D eigenvalue weighted by atomic mass is 19.1. The summed E-state index contributed by atoms with van der Waals surface area (Å²) in [6.45, 7) is 3.45. The average molecular weight is 240 g/mol. The molecule has 0 bridgehead atoms. The van der Waals surface area contributed by atoms with Gasteiger partial charge in [-0.15, -0.1) is 0 Å². The van der Waals surface area contributed by atoms with E-state index in [0.717, 1.165) is 0 Å². The highest BCUT2D eigenvalue weighted by molar-refractivity contribution is 5.89. The Morgan fingerprint density at radius 2 is 2.24 bits per heavy atom. The lowest BCUT2D eigenvalue weighted by Gasteiger charge is -2.13. The van der Waals surface area contributed by atoms with Crippen molar-refractivity contribution in [1.29, 1.82) is 0 Å². The van der Waals surface area contributed by atoms with Gasteiger partial charge in [-0.1, -0.05) is 6.07 Å². The van der Waals surface area contributed by atoms with Crippen molar-refractivity contribution in [3.8, 4) is 0 Å². The standard InChI is InChI=1S/C12H17FN2O2/c1-8-3-4-10(7-11(8)13)15-12(17)14-9(2)5-6-16/h3-4,7,9,16H,5-6H2,1-2H3,(H2,14,15,17)/t9-/m1/s1. The van der Waals surface area contributed by atoms with Crippen molar-refractivity contribution >= 4 is 11.7 Å². The number of anilines is 1. The van der Waals surface area contributed by atoms with Gasteiger partial charge in [0.25, 0.3) is 0 Å². The van der Waals surface area contributed by atoms with Crippen molar-refractivity contribution in [1.82, 2.24) is 5.32 Å². The number of carbonyl (C=O) groups excluding carboxylic acids is 1. The molecule has 17 heavy (non-hydrogen) atoms. The van der Waals surface area contributed by atoms with Gasteiger partial charge in [-0.3, -0.25) is 0 Å². The Balaban J connectivity index is 2.53. The molecule has 2 amide bonds. The molecule has 0 heterocycles. The van der Waals surface area contributed by atoms with E-state index in [2.05, 4.69) is 10.6 Å². The van der Waals surface area contributed by atoms with E-state index in [1.165, 1.54) is 6.07 Å². The number of hydrogen-bond donors (Lipinski definition) is 3. The van der Waals surface area contributed by atoms with Gasteiger partial charge in [0.05, 0.1) is 0 Å². The highest BCUT2D eigenvalue weighted by Gasteiger charge is 2.07. The maximum Gasteiger partial charge on any atom is 0.319 e. The first-order valence-electron chi connectivity index (χ1n) is 5.47. The molecule has 4 nitrogen and oxygen atoms in total. The van der Waals surface area contributed by atoms with Crippen LogP contribution in [-0.2, 0) is 0 Å². The Hall–Kier alpha value is -1.62. The first-order chi connectivity index (χ1) is 8.02. The van der Waals surface area contributed by atoms with Gasteiger partial charge >= 0.3 is 6.03 Å². The van der Waals surface area contributed by atoms with Crippen molar-refractivity contribution in [3.63, 3.8) is 0 Å². The molecule has 0 spiro atoms. The molecule has 94 valence electrons. The molecule has 0 aliphatic rings. The molecule has 0 saturated carbocycles. The summed E-state index contributed by atoms with van der Waals surface area (Å²) in [6, 6.07) is 3.96. The molecule has 0 aliphatic heterocycles. The lowest BCUT2D eigenvalue weighted by atomic mass is 10.2. The highest BCUT2D eigenvalue weighted by Crippen LogP contribution is 2.13. The minimum atomic E-state index is -0.408. The van der Waals surface area contributed by atoms with E-state index in [1.807, 2.05) is 0 Å².